The van der Waals surface area contributed by atoms with Gasteiger partial charge in [0.2, 0.25) is 12.4 Å². The summed E-state index contributed by atoms with van der Waals surface area (Å²) in [5.74, 6) is 1.55. The summed E-state index contributed by atoms with van der Waals surface area (Å²) in [5.41, 5.74) is 4.68. The Hall–Kier alpha value is -2.63. The SMILES string of the molecule is CCc1cccc(CC)c1Nc1cc(C)nc(N2CCN(C=O)CC2)n1. The average Bonchev–Trinajstić information content (AvgIpc) is 2.67. The van der Waals surface area contributed by atoms with E-state index in [-0.39, 0.29) is 0 Å². The van der Waals surface area contributed by atoms with Crippen LogP contribution in [0, 0.1) is 6.92 Å². The lowest BCUT2D eigenvalue weighted by Gasteiger charge is -2.32. The molecule has 6 nitrogen and oxygen atoms in total. The van der Waals surface area contributed by atoms with E-state index in [1.807, 2.05) is 13.0 Å². The molecule has 0 radical (unpaired) electrons. The largest absolute Gasteiger partial charge is 0.342 e. The number of carbonyl (C=O) groups excluding carboxylic acids is 1. The van der Waals surface area contributed by atoms with E-state index in [1.165, 1.54) is 11.1 Å². The quantitative estimate of drug-likeness (QED) is 0.809. The summed E-state index contributed by atoms with van der Waals surface area (Å²) in [6.45, 7) is 9.27. The predicted octanol–water partition coefficient (Wildman–Crippen LogP) is 2.93. The van der Waals surface area contributed by atoms with Gasteiger partial charge in [-0.25, -0.2) is 4.98 Å². The van der Waals surface area contributed by atoms with Crippen LogP contribution in [0.1, 0.15) is 30.7 Å². The highest BCUT2D eigenvalue weighted by Gasteiger charge is 2.19. The van der Waals surface area contributed by atoms with Crippen LogP contribution in [0.2, 0.25) is 0 Å². The van der Waals surface area contributed by atoms with Crippen molar-refractivity contribution in [1.82, 2.24) is 14.9 Å². The van der Waals surface area contributed by atoms with E-state index in [4.69, 9.17) is 4.98 Å². The molecular weight excluding hydrogens is 326 g/mol. The summed E-state index contributed by atoms with van der Waals surface area (Å²) >= 11 is 0. The van der Waals surface area contributed by atoms with E-state index in [9.17, 15) is 4.79 Å². The van der Waals surface area contributed by atoms with Crippen LogP contribution in [0.3, 0.4) is 0 Å². The van der Waals surface area contributed by atoms with Gasteiger partial charge in [-0.2, -0.15) is 4.98 Å². The Morgan fingerprint density at radius 1 is 1.08 bits per heavy atom. The van der Waals surface area contributed by atoms with Crippen molar-refractivity contribution in [3.05, 3.63) is 41.1 Å². The number of para-hydroxylation sites is 1. The normalized spacial score (nSPS) is 14.4. The molecule has 138 valence electrons. The molecule has 1 aliphatic rings. The lowest BCUT2D eigenvalue weighted by atomic mass is 10.0. The average molecular weight is 353 g/mol. The molecule has 2 heterocycles. The second-order valence-electron chi connectivity index (χ2n) is 6.61. The molecule has 1 fully saturated rings. The number of nitrogens with one attached hydrogen (secondary N) is 1. The molecule has 1 amide bonds. The standard InChI is InChI=1S/C20H27N5O/c1-4-16-7-6-8-17(5-2)19(16)22-18-13-15(3)21-20(23-18)25-11-9-24(14-26)10-12-25/h6-8,13-14H,4-5,9-12H2,1-3H3,(H,21,22,23). The van der Waals surface area contributed by atoms with Crippen LogP contribution >= 0.6 is 0 Å². The fourth-order valence-corrected chi connectivity index (χ4v) is 3.32. The summed E-state index contributed by atoms with van der Waals surface area (Å²) in [7, 11) is 0. The van der Waals surface area contributed by atoms with Crippen LogP contribution in [0.25, 0.3) is 0 Å². The van der Waals surface area contributed by atoms with E-state index in [0.717, 1.165) is 55.5 Å². The molecule has 0 spiro atoms. The smallest absolute Gasteiger partial charge is 0.227 e. The molecule has 1 aromatic carbocycles. The van der Waals surface area contributed by atoms with Gasteiger partial charge in [0.15, 0.2) is 0 Å². The van der Waals surface area contributed by atoms with Crippen molar-refractivity contribution in [1.29, 1.82) is 0 Å². The molecule has 1 aromatic heterocycles. The van der Waals surface area contributed by atoms with E-state index < -0.39 is 0 Å². The van der Waals surface area contributed by atoms with Crippen LogP contribution in [0.4, 0.5) is 17.5 Å². The molecule has 0 atom stereocenters. The Morgan fingerprint density at radius 2 is 1.73 bits per heavy atom. The Morgan fingerprint density at radius 3 is 2.31 bits per heavy atom. The molecule has 0 aliphatic carbocycles. The van der Waals surface area contributed by atoms with E-state index >= 15 is 0 Å². The topological polar surface area (TPSA) is 61.4 Å². The highest BCUT2D eigenvalue weighted by molar-refractivity contribution is 5.66. The summed E-state index contributed by atoms with van der Waals surface area (Å²) in [4.78, 5) is 24.2. The summed E-state index contributed by atoms with van der Waals surface area (Å²) in [6, 6.07) is 8.42. The van der Waals surface area contributed by atoms with Gasteiger partial charge in [-0.05, 0) is 30.9 Å². The molecule has 0 unspecified atom stereocenters. The first-order valence-corrected chi connectivity index (χ1v) is 9.32. The van der Waals surface area contributed by atoms with Gasteiger partial charge in [0.05, 0.1) is 0 Å². The number of aryl methyl sites for hydroxylation is 3. The number of piperazine rings is 1. The van der Waals surface area contributed by atoms with Crippen LogP contribution in [0.5, 0.6) is 0 Å². The van der Waals surface area contributed by atoms with Crippen LogP contribution in [-0.2, 0) is 17.6 Å². The van der Waals surface area contributed by atoms with Crippen molar-refractivity contribution in [3.8, 4) is 0 Å². The number of anilines is 3. The van der Waals surface area contributed by atoms with Crippen molar-refractivity contribution in [3.63, 3.8) is 0 Å². The number of hydrogen-bond acceptors (Lipinski definition) is 5. The van der Waals surface area contributed by atoms with E-state index in [2.05, 4.69) is 47.2 Å². The number of aromatic nitrogens is 2. The van der Waals surface area contributed by atoms with Gasteiger partial charge in [0.25, 0.3) is 0 Å². The van der Waals surface area contributed by atoms with E-state index in [1.54, 1.807) is 4.90 Å². The highest BCUT2D eigenvalue weighted by atomic mass is 16.1. The van der Waals surface area contributed by atoms with Gasteiger partial charge in [-0.1, -0.05) is 32.0 Å². The summed E-state index contributed by atoms with van der Waals surface area (Å²) < 4.78 is 0. The molecule has 6 heteroatoms. The molecule has 1 saturated heterocycles. The third kappa shape index (κ3) is 3.95. The second kappa shape index (κ2) is 8.17. The number of hydrogen-bond donors (Lipinski definition) is 1. The first-order chi connectivity index (χ1) is 12.6. The molecule has 3 rings (SSSR count). The van der Waals surface area contributed by atoms with Crippen molar-refractivity contribution >= 4 is 23.9 Å². The predicted molar refractivity (Wildman–Crippen MR) is 105 cm³/mol. The van der Waals surface area contributed by atoms with Crippen molar-refractivity contribution < 1.29 is 4.79 Å². The summed E-state index contributed by atoms with van der Waals surface area (Å²) in [6.07, 6.45) is 2.86. The first-order valence-electron chi connectivity index (χ1n) is 9.32. The van der Waals surface area contributed by atoms with Gasteiger partial charge < -0.3 is 15.1 Å². The van der Waals surface area contributed by atoms with Gasteiger partial charge in [-0.15, -0.1) is 0 Å². The molecule has 26 heavy (non-hydrogen) atoms. The molecule has 1 aliphatic heterocycles. The zero-order valence-corrected chi connectivity index (χ0v) is 15.8. The maximum Gasteiger partial charge on any atom is 0.227 e. The zero-order valence-electron chi connectivity index (χ0n) is 15.8. The maximum absolute atomic E-state index is 10.9. The fourth-order valence-electron chi connectivity index (χ4n) is 3.32. The first kappa shape index (κ1) is 18.2. The third-order valence-corrected chi connectivity index (χ3v) is 4.84. The Bertz CT molecular complexity index is 747. The minimum atomic E-state index is 0.711. The molecular formula is C20H27N5O. The zero-order chi connectivity index (χ0) is 18.5. The van der Waals surface area contributed by atoms with Crippen LogP contribution < -0.4 is 10.2 Å². The van der Waals surface area contributed by atoms with Crippen LogP contribution in [0.15, 0.2) is 24.3 Å². The fraction of sp³-hybridized carbons (Fsp3) is 0.450. The molecule has 2 aromatic rings. The van der Waals surface area contributed by atoms with Gasteiger partial charge in [0, 0.05) is 43.6 Å². The second-order valence-corrected chi connectivity index (χ2v) is 6.61. The maximum atomic E-state index is 10.9. The van der Waals surface area contributed by atoms with E-state index in [0.29, 0.717) is 13.1 Å². The minimum absolute atomic E-state index is 0.711. The number of rotatable bonds is 6. The van der Waals surface area contributed by atoms with Crippen molar-refractivity contribution in [2.45, 2.75) is 33.6 Å². The number of carbonyl (C=O) groups is 1. The number of nitrogens with zero attached hydrogens (tertiary/aromatic N) is 4. The lowest BCUT2D eigenvalue weighted by molar-refractivity contribution is -0.118. The van der Waals surface area contributed by atoms with Crippen molar-refractivity contribution in [2.24, 2.45) is 0 Å². The Balaban J connectivity index is 1.86. The molecule has 1 N–H and O–H groups in total. The Labute approximate surface area is 155 Å². The number of benzene rings is 1. The van der Waals surface area contributed by atoms with Crippen molar-refractivity contribution in [2.75, 3.05) is 36.4 Å². The van der Waals surface area contributed by atoms with Crippen LogP contribution in [-0.4, -0.2) is 47.5 Å². The third-order valence-electron chi connectivity index (χ3n) is 4.84. The highest BCUT2D eigenvalue weighted by Crippen LogP contribution is 2.27. The lowest BCUT2D eigenvalue weighted by Crippen LogP contribution is -2.46. The Kier molecular flexibility index (Phi) is 5.71. The van der Waals surface area contributed by atoms with Gasteiger partial charge in [-0.3, -0.25) is 4.79 Å². The summed E-state index contributed by atoms with van der Waals surface area (Å²) in [5, 5.41) is 3.54. The van der Waals surface area contributed by atoms with Gasteiger partial charge in [0.1, 0.15) is 5.82 Å². The monoisotopic (exact) mass is 353 g/mol. The van der Waals surface area contributed by atoms with Gasteiger partial charge >= 0.3 is 0 Å². The number of amides is 1. The molecule has 0 saturated carbocycles. The minimum Gasteiger partial charge on any atom is -0.342 e. The molecule has 0 bridgehead atoms.